The van der Waals surface area contributed by atoms with Crippen LogP contribution in [0.5, 0.6) is 5.75 Å². The average Bonchev–Trinajstić information content (AvgIpc) is 3.30. The van der Waals surface area contributed by atoms with Gasteiger partial charge in [0.2, 0.25) is 5.95 Å². The average molecular weight is 398 g/mol. The number of phenols is 1. The molecule has 5 aromatic rings. The molecule has 0 aliphatic carbocycles. The van der Waals surface area contributed by atoms with Gasteiger partial charge in [-0.25, -0.2) is 4.98 Å². The van der Waals surface area contributed by atoms with Crippen molar-refractivity contribution in [3.63, 3.8) is 0 Å². The van der Waals surface area contributed by atoms with Crippen molar-refractivity contribution in [2.75, 3.05) is 17.2 Å². The lowest BCUT2D eigenvalue weighted by Crippen LogP contribution is -2.08. The van der Waals surface area contributed by atoms with Crippen LogP contribution < -0.4 is 10.6 Å². The molecule has 0 bridgehead atoms. The zero-order chi connectivity index (χ0) is 20.5. The summed E-state index contributed by atoms with van der Waals surface area (Å²) in [7, 11) is 0. The minimum Gasteiger partial charge on any atom is -0.508 e. The summed E-state index contributed by atoms with van der Waals surface area (Å²) in [6.07, 6.45) is 4.50. The summed E-state index contributed by atoms with van der Waals surface area (Å²) in [6, 6.07) is 15.5. The number of aromatic amines is 2. The Morgan fingerprint density at radius 3 is 2.87 bits per heavy atom. The van der Waals surface area contributed by atoms with Crippen molar-refractivity contribution in [3.05, 3.63) is 72.2 Å². The molecule has 7 nitrogen and oxygen atoms in total. The molecule has 30 heavy (non-hydrogen) atoms. The molecular weight excluding hydrogens is 376 g/mol. The number of aromatic hydroxyl groups is 1. The summed E-state index contributed by atoms with van der Waals surface area (Å²) in [5.74, 6) is 1.57. The number of aromatic nitrogens is 4. The molecule has 5 rings (SSSR count). The van der Waals surface area contributed by atoms with Gasteiger partial charge in [-0.3, -0.25) is 0 Å². The van der Waals surface area contributed by atoms with Gasteiger partial charge in [0.15, 0.2) is 0 Å². The third-order valence-corrected chi connectivity index (χ3v) is 5.11. The molecule has 0 fully saturated rings. The fourth-order valence-corrected chi connectivity index (χ4v) is 3.70. The minimum atomic E-state index is 0.270. The highest BCUT2D eigenvalue weighted by Crippen LogP contribution is 2.24. The smallest absolute Gasteiger partial charge is 0.224 e. The molecule has 0 atom stereocenters. The summed E-state index contributed by atoms with van der Waals surface area (Å²) in [4.78, 5) is 15.4. The number of fused-ring (bicyclic) bond motifs is 2. The number of rotatable bonds is 6. The number of nitrogens with one attached hydrogen (secondary N) is 4. The van der Waals surface area contributed by atoms with E-state index in [4.69, 9.17) is 0 Å². The standard InChI is InChI=1S/C23H22N6O/c1-14-10-16-11-17(2-4-20(16)27-14)28-22-7-9-25-23(29-22)24-8-6-15-13-26-21-5-3-18(30)12-19(15)21/h2-5,7,9-13,26-27,30H,6,8H2,1H3,(H2,24,25,28,29). The Morgan fingerprint density at radius 1 is 1.03 bits per heavy atom. The van der Waals surface area contributed by atoms with Crippen molar-refractivity contribution in [2.24, 2.45) is 0 Å². The lowest BCUT2D eigenvalue weighted by atomic mass is 10.1. The maximum atomic E-state index is 9.73. The summed E-state index contributed by atoms with van der Waals surface area (Å²) < 4.78 is 0. The molecule has 150 valence electrons. The van der Waals surface area contributed by atoms with Gasteiger partial charge in [-0.15, -0.1) is 0 Å². The third-order valence-electron chi connectivity index (χ3n) is 5.11. The quantitative estimate of drug-likeness (QED) is 0.281. The molecule has 0 saturated carbocycles. The van der Waals surface area contributed by atoms with E-state index in [1.165, 1.54) is 0 Å². The molecule has 7 heteroatoms. The van der Waals surface area contributed by atoms with Crippen molar-refractivity contribution in [2.45, 2.75) is 13.3 Å². The van der Waals surface area contributed by atoms with Crippen LogP contribution in [-0.4, -0.2) is 31.6 Å². The normalized spacial score (nSPS) is 11.2. The van der Waals surface area contributed by atoms with E-state index in [2.05, 4.69) is 55.7 Å². The van der Waals surface area contributed by atoms with Crippen LogP contribution in [0.25, 0.3) is 21.8 Å². The number of nitrogens with zero attached hydrogens (tertiary/aromatic N) is 2. The maximum absolute atomic E-state index is 9.73. The van der Waals surface area contributed by atoms with Gasteiger partial charge in [0.05, 0.1) is 0 Å². The Bertz CT molecular complexity index is 1340. The second kappa shape index (κ2) is 7.44. The molecule has 0 amide bonds. The van der Waals surface area contributed by atoms with Crippen LogP contribution in [0.1, 0.15) is 11.3 Å². The largest absolute Gasteiger partial charge is 0.508 e. The van der Waals surface area contributed by atoms with Crippen molar-refractivity contribution in [3.8, 4) is 5.75 Å². The highest BCUT2D eigenvalue weighted by atomic mass is 16.3. The van der Waals surface area contributed by atoms with Crippen LogP contribution in [0.2, 0.25) is 0 Å². The maximum Gasteiger partial charge on any atom is 0.224 e. The molecule has 0 aliphatic rings. The van der Waals surface area contributed by atoms with E-state index < -0.39 is 0 Å². The van der Waals surface area contributed by atoms with E-state index in [-0.39, 0.29) is 5.75 Å². The topological polar surface area (TPSA) is 102 Å². The highest BCUT2D eigenvalue weighted by molar-refractivity contribution is 5.85. The summed E-state index contributed by atoms with van der Waals surface area (Å²) in [6.45, 7) is 2.73. The van der Waals surface area contributed by atoms with E-state index in [1.54, 1.807) is 18.3 Å². The van der Waals surface area contributed by atoms with E-state index in [9.17, 15) is 5.11 Å². The van der Waals surface area contributed by atoms with Gasteiger partial charge in [-0.05, 0) is 67.4 Å². The Kier molecular flexibility index (Phi) is 4.48. The van der Waals surface area contributed by atoms with E-state index in [1.807, 2.05) is 24.4 Å². The van der Waals surface area contributed by atoms with Crippen LogP contribution in [-0.2, 0) is 6.42 Å². The Labute approximate surface area is 173 Å². The minimum absolute atomic E-state index is 0.270. The summed E-state index contributed by atoms with van der Waals surface area (Å²) in [5, 5.41) is 18.5. The molecule has 0 radical (unpaired) electrons. The molecule has 0 saturated heterocycles. The molecular formula is C23H22N6O. The van der Waals surface area contributed by atoms with Crippen molar-refractivity contribution < 1.29 is 5.11 Å². The zero-order valence-electron chi connectivity index (χ0n) is 16.5. The van der Waals surface area contributed by atoms with Gasteiger partial charge < -0.3 is 25.7 Å². The fraction of sp³-hybridized carbons (Fsp3) is 0.130. The van der Waals surface area contributed by atoms with Crippen LogP contribution >= 0.6 is 0 Å². The number of anilines is 3. The SMILES string of the molecule is Cc1cc2cc(Nc3ccnc(NCCc4c[nH]c5ccc(O)cc45)n3)ccc2[nH]1. The van der Waals surface area contributed by atoms with Crippen molar-refractivity contribution in [1.82, 2.24) is 19.9 Å². The lowest BCUT2D eigenvalue weighted by molar-refractivity contribution is 0.476. The first-order chi connectivity index (χ1) is 14.6. The number of phenolic OH excluding ortho intramolecular Hbond substituents is 1. The predicted octanol–water partition coefficient (Wildman–Crippen LogP) is 4.85. The number of hydrogen-bond donors (Lipinski definition) is 5. The molecule has 0 aliphatic heterocycles. The second-order valence-electron chi connectivity index (χ2n) is 7.37. The van der Waals surface area contributed by atoms with Gasteiger partial charge in [0.1, 0.15) is 11.6 Å². The van der Waals surface area contributed by atoms with Crippen LogP contribution in [0, 0.1) is 6.92 Å². The number of benzene rings is 2. The summed E-state index contributed by atoms with van der Waals surface area (Å²) >= 11 is 0. The Morgan fingerprint density at radius 2 is 1.93 bits per heavy atom. The van der Waals surface area contributed by atoms with Gasteiger partial charge in [-0.1, -0.05) is 0 Å². The lowest BCUT2D eigenvalue weighted by Gasteiger charge is -2.08. The monoisotopic (exact) mass is 398 g/mol. The van der Waals surface area contributed by atoms with E-state index in [0.29, 0.717) is 12.5 Å². The Hall–Kier alpha value is -4.00. The van der Waals surface area contributed by atoms with Crippen LogP contribution in [0.3, 0.4) is 0 Å². The molecule has 3 heterocycles. The van der Waals surface area contributed by atoms with E-state index in [0.717, 1.165) is 51.0 Å². The molecule has 5 N–H and O–H groups in total. The van der Waals surface area contributed by atoms with Gasteiger partial charge in [-0.2, -0.15) is 4.98 Å². The fourth-order valence-electron chi connectivity index (χ4n) is 3.70. The number of H-pyrrole nitrogens is 2. The van der Waals surface area contributed by atoms with Gasteiger partial charge in [0.25, 0.3) is 0 Å². The summed E-state index contributed by atoms with van der Waals surface area (Å²) in [5.41, 5.74) is 5.39. The first kappa shape index (κ1) is 18.1. The molecule has 0 spiro atoms. The first-order valence-electron chi connectivity index (χ1n) is 9.86. The molecule has 2 aromatic carbocycles. The third kappa shape index (κ3) is 3.65. The zero-order valence-corrected chi connectivity index (χ0v) is 16.5. The van der Waals surface area contributed by atoms with Gasteiger partial charge in [0, 0.05) is 52.1 Å². The van der Waals surface area contributed by atoms with Gasteiger partial charge >= 0.3 is 0 Å². The van der Waals surface area contributed by atoms with Crippen molar-refractivity contribution in [1.29, 1.82) is 0 Å². The van der Waals surface area contributed by atoms with Crippen LogP contribution in [0.15, 0.2) is 60.9 Å². The first-order valence-corrected chi connectivity index (χ1v) is 9.86. The molecule has 0 unspecified atom stereocenters. The highest BCUT2D eigenvalue weighted by Gasteiger charge is 2.06. The van der Waals surface area contributed by atoms with Crippen molar-refractivity contribution >= 4 is 39.3 Å². The predicted molar refractivity (Wildman–Crippen MR) is 121 cm³/mol. The Balaban J connectivity index is 1.25. The number of aryl methyl sites for hydroxylation is 1. The second-order valence-corrected chi connectivity index (χ2v) is 7.37. The van der Waals surface area contributed by atoms with Crippen LogP contribution in [0.4, 0.5) is 17.5 Å². The number of hydrogen-bond acceptors (Lipinski definition) is 5. The van der Waals surface area contributed by atoms with E-state index >= 15 is 0 Å². The molecule has 3 aromatic heterocycles.